The molecule has 2 rings (SSSR count). The Bertz CT molecular complexity index is 655. The number of halogens is 3. The van der Waals surface area contributed by atoms with Gasteiger partial charge in [0.05, 0.1) is 15.4 Å². The minimum Gasteiger partial charge on any atom is -0.329 e. The highest BCUT2D eigenvalue weighted by molar-refractivity contribution is 7.99. The van der Waals surface area contributed by atoms with Gasteiger partial charge in [-0.1, -0.05) is 0 Å². The SMILES string of the molecule is Cn1ccnc1Sc1ccc(C(F)(F)F)cc1[N+](=O)[O-]. The van der Waals surface area contributed by atoms with Crippen molar-refractivity contribution in [3.05, 3.63) is 46.3 Å². The van der Waals surface area contributed by atoms with Gasteiger partial charge >= 0.3 is 6.18 Å². The Morgan fingerprint density at radius 2 is 2.10 bits per heavy atom. The van der Waals surface area contributed by atoms with Gasteiger partial charge in [-0.3, -0.25) is 10.1 Å². The predicted octanol–water partition coefficient (Wildman–Crippen LogP) is 3.50. The van der Waals surface area contributed by atoms with E-state index in [-0.39, 0.29) is 4.90 Å². The molecule has 0 saturated carbocycles. The molecule has 2 aromatic rings. The van der Waals surface area contributed by atoms with Crippen LogP contribution in [0.15, 0.2) is 40.6 Å². The molecule has 0 aliphatic rings. The molecule has 0 unspecified atom stereocenters. The Labute approximate surface area is 115 Å². The third-order valence-corrected chi connectivity index (χ3v) is 3.60. The lowest BCUT2D eigenvalue weighted by atomic mass is 10.2. The van der Waals surface area contributed by atoms with E-state index in [0.717, 1.165) is 23.9 Å². The standard InChI is InChI=1S/C11H8F3N3O2S/c1-16-5-4-15-10(16)20-9-3-2-7(11(12,13)14)6-8(9)17(18)19/h2-6H,1H3. The van der Waals surface area contributed by atoms with E-state index in [0.29, 0.717) is 11.2 Å². The molecule has 1 heterocycles. The first-order chi connectivity index (χ1) is 9.29. The predicted molar refractivity (Wildman–Crippen MR) is 65.4 cm³/mol. The maximum absolute atomic E-state index is 12.6. The molecule has 0 saturated heterocycles. The van der Waals surface area contributed by atoms with Crippen LogP contribution in [0.4, 0.5) is 18.9 Å². The van der Waals surface area contributed by atoms with E-state index >= 15 is 0 Å². The molecule has 1 aromatic carbocycles. The summed E-state index contributed by atoms with van der Waals surface area (Å²) >= 11 is 0.938. The van der Waals surface area contributed by atoms with Gasteiger partial charge in [-0.25, -0.2) is 4.98 Å². The van der Waals surface area contributed by atoms with Gasteiger partial charge in [-0.15, -0.1) is 0 Å². The normalized spacial score (nSPS) is 11.6. The van der Waals surface area contributed by atoms with E-state index in [4.69, 9.17) is 0 Å². The number of nitrogens with zero attached hydrogens (tertiary/aromatic N) is 3. The van der Waals surface area contributed by atoms with Gasteiger partial charge in [0, 0.05) is 25.5 Å². The fraction of sp³-hybridized carbons (Fsp3) is 0.182. The van der Waals surface area contributed by atoms with Gasteiger partial charge < -0.3 is 4.57 Å². The lowest BCUT2D eigenvalue weighted by molar-refractivity contribution is -0.388. The van der Waals surface area contributed by atoms with Crippen LogP contribution >= 0.6 is 11.8 Å². The Hall–Kier alpha value is -2.03. The van der Waals surface area contributed by atoms with Crippen LogP contribution in [-0.4, -0.2) is 14.5 Å². The fourth-order valence-electron chi connectivity index (χ4n) is 1.47. The van der Waals surface area contributed by atoms with E-state index in [2.05, 4.69) is 4.98 Å². The average Bonchev–Trinajstić information content (AvgIpc) is 2.74. The number of benzene rings is 1. The minimum absolute atomic E-state index is 0.109. The zero-order valence-corrected chi connectivity index (χ0v) is 10.9. The molecule has 0 amide bonds. The Morgan fingerprint density at radius 3 is 2.60 bits per heavy atom. The largest absolute Gasteiger partial charge is 0.416 e. The molecule has 9 heteroatoms. The van der Waals surface area contributed by atoms with Crippen molar-refractivity contribution in [2.45, 2.75) is 16.2 Å². The van der Waals surface area contributed by atoms with Gasteiger partial charge in [0.1, 0.15) is 0 Å². The molecule has 0 radical (unpaired) electrons. The maximum Gasteiger partial charge on any atom is 0.416 e. The van der Waals surface area contributed by atoms with Gasteiger partial charge in [-0.2, -0.15) is 13.2 Å². The first-order valence-corrected chi connectivity index (χ1v) is 6.11. The van der Waals surface area contributed by atoms with Gasteiger partial charge in [0.15, 0.2) is 5.16 Å². The first kappa shape index (κ1) is 14.4. The number of aryl methyl sites for hydroxylation is 1. The van der Waals surface area contributed by atoms with Crippen molar-refractivity contribution in [3.63, 3.8) is 0 Å². The molecule has 1 aromatic heterocycles. The number of hydrogen-bond donors (Lipinski definition) is 0. The summed E-state index contributed by atoms with van der Waals surface area (Å²) < 4.78 is 39.3. The van der Waals surface area contributed by atoms with E-state index in [1.807, 2.05) is 0 Å². The molecule has 0 bridgehead atoms. The number of nitro groups is 1. The van der Waals surface area contributed by atoms with Crippen molar-refractivity contribution in [2.24, 2.45) is 7.05 Å². The summed E-state index contributed by atoms with van der Waals surface area (Å²) in [4.78, 5) is 14.2. The van der Waals surface area contributed by atoms with Crippen molar-refractivity contribution >= 4 is 17.4 Å². The molecular formula is C11H8F3N3O2S. The van der Waals surface area contributed by atoms with Crippen LogP contribution in [-0.2, 0) is 13.2 Å². The van der Waals surface area contributed by atoms with Crippen LogP contribution in [0.5, 0.6) is 0 Å². The number of nitro benzene ring substituents is 1. The van der Waals surface area contributed by atoms with Crippen molar-refractivity contribution in [1.29, 1.82) is 0 Å². The van der Waals surface area contributed by atoms with Gasteiger partial charge in [0.2, 0.25) is 0 Å². The summed E-state index contributed by atoms with van der Waals surface area (Å²) in [5.74, 6) is 0. The zero-order valence-electron chi connectivity index (χ0n) is 10.1. The smallest absolute Gasteiger partial charge is 0.329 e. The van der Waals surface area contributed by atoms with Crippen molar-refractivity contribution < 1.29 is 18.1 Å². The second-order valence-electron chi connectivity index (χ2n) is 3.86. The van der Waals surface area contributed by atoms with E-state index in [1.165, 1.54) is 6.20 Å². The summed E-state index contributed by atoms with van der Waals surface area (Å²) in [5.41, 5.74) is -1.64. The Balaban J connectivity index is 2.43. The highest BCUT2D eigenvalue weighted by atomic mass is 32.2. The third kappa shape index (κ3) is 2.93. The van der Waals surface area contributed by atoms with E-state index in [9.17, 15) is 23.3 Å². The molecule has 20 heavy (non-hydrogen) atoms. The van der Waals surface area contributed by atoms with E-state index in [1.54, 1.807) is 17.8 Å². The topological polar surface area (TPSA) is 61.0 Å². The molecule has 106 valence electrons. The maximum atomic E-state index is 12.6. The highest BCUT2D eigenvalue weighted by Crippen LogP contribution is 2.38. The summed E-state index contributed by atoms with van der Waals surface area (Å²) in [7, 11) is 1.69. The first-order valence-electron chi connectivity index (χ1n) is 5.30. The second kappa shape index (κ2) is 5.16. The van der Waals surface area contributed by atoms with Crippen LogP contribution in [0.25, 0.3) is 0 Å². The second-order valence-corrected chi connectivity index (χ2v) is 4.87. The molecular weight excluding hydrogens is 295 g/mol. The van der Waals surface area contributed by atoms with E-state index < -0.39 is 22.4 Å². The number of aromatic nitrogens is 2. The molecule has 0 aliphatic carbocycles. The summed E-state index contributed by atoms with van der Waals surface area (Å²) in [6.45, 7) is 0. The average molecular weight is 303 g/mol. The molecule has 5 nitrogen and oxygen atoms in total. The monoisotopic (exact) mass is 303 g/mol. The van der Waals surface area contributed by atoms with Crippen LogP contribution in [0.2, 0.25) is 0 Å². The van der Waals surface area contributed by atoms with Gasteiger partial charge in [-0.05, 0) is 23.9 Å². The highest BCUT2D eigenvalue weighted by Gasteiger charge is 2.33. The van der Waals surface area contributed by atoms with Crippen LogP contribution in [0.3, 0.4) is 0 Å². The number of hydrogen-bond acceptors (Lipinski definition) is 4. The fourth-order valence-corrected chi connectivity index (χ4v) is 2.36. The van der Waals surface area contributed by atoms with Gasteiger partial charge in [0.25, 0.3) is 5.69 Å². The molecule has 0 fully saturated rings. The molecule has 0 spiro atoms. The van der Waals surface area contributed by atoms with Crippen LogP contribution in [0, 0.1) is 10.1 Å². The lowest BCUT2D eigenvalue weighted by Gasteiger charge is -2.08. The number of alkyl halides is 3. The lowest BCUT2D eigenvalue weighted by Crippen LogP contribution is -2.06. The van der Waals surface area contributed by atoms with Crippen molar-refractivity contribution in [2.75, 3.05) is 0 Å². The Morgan fingerprint density at radius 1 is 1.40 bits per heavy atom. The minimum atomic E-state index is -4.61. The number of rotatable bonds is 3. The quantitative estimate of drug-likeness (QED) is 0.643. The number of imidazole rings is 1. The summed E-state index contributed by atoms with van der Waals surface area (Å²) in [6, 6.07) is 2.43. The third-order valence-electron chi connectivity index (χ3n) is 2.46. The van der Waals surface area contributed by atoms with Crippen LogP contribution in [0.1, 0.15) is 5.56 Å². The molecule has 0 aliphatic heterocycles. The summed E-state index contributed by atoms with van der Waals surface area (Å²) in [6.07, 6.45) is -1.48. The Kier molecular flexibility index (Phi) is 3.71. The van der Waals surface area contributed by atoms with Crippen LogP contribution < -0.4 is 0 Å². The zero-order chi connectivity index (χ0) is 14.9. The van der Waals surface area contributed by atoms with Crippen molar-refractivity contribution in [3.8, 4) is 0 Å². The molecule has 0 N–H and O–H groups in total. The van der Waals surface area contributed by atoms with Crippen molar-refractivity contribution in [1.82, 2.24) is 9.55 Å². The summed E-state index contributed by atoms with van der Waals surface area (Å²) in [5, 5.41) is 11.4. The molecule has 0 atom stereocenters.